The van der Waals surface area contributed by atoms with Gasteiger partial charge in [0.2, 0.25) is 0 Å². The summed E-state index contributed by atoms with van der Waals surface area (Å²) in [5.74, 6) is -0.945. The molecule has 0 bridgehead atoms. The number of carboxylic acids is 1. The highest BCUT2D eigenvalue weighted by Crippen LogP contribution is 2.26. The van der Waals surface area contributed by atoms with E-state index in [0.29, 0.717) is 11.3 Å². The first-order chi connectivity index (χ1) is 13.3. The summed E-state index contributed by atoms with van der Waals surface area (Å²) in [7, 11) is 0. The van der Waals surface area contributed by atoms with Crippen LogP contribution in [0.4, 0.5) is 0 Å². The first-order valence-corrected chi connectivity index (χ1v) is 9.26. The Morgan fingerprint density at radius 1 is 1.25 bits per heavy atom. The number of nitrogens with zero attached hydrogens (tertiary/aromatic N) is 1. The van der Waals surface area contributed by atoms with Crippen LogP contribution >= 0.6 is 15.9 Å². The Hall–Kier alpha value is -3.11. The zero-order valence-electron chi connectivity index (χ0n) is 15.4. The molecule has 28 heavy (non-hydrogen) atoms. The van der Waals surface area contributed by atoms with Crippen molar-refractivity contribution in [1.29, 1.82) is 5.26 Å². The standard InChI is InChI=1S/C21H19BrN2O4/c1-13(2)24-20(25)17(11-23)9-16-10-18(22)7-8-19(16)28-12-14-3-5-15(6-4-14)21(26)27/h3-10,13H,12H2,1-2H3,(H,24,25)(H,26,27)/b17-9-. The number of aromatic carboxylic acids is 1. The van der Waals surface area contributed by atoms with Gasteiger partial charge in [-0.1, -0.05) is 28.1 Å². The Labute approximate surface area is 171 Å². The maximum absolute atomic E-state index is 12.1. The summed E-state index contributed by atoms with van der Waals surface area (Å²) in [6.07, 6.45) is 1.48. The van der Waals surface area contributed by atoms with Crippen LogP contribution in [-0.2, 0) is 11.4 Å². The van der Waals surface area contributed by atoms with E-state index in [2.05, 4.69) is 21.2 Å². The maximum Gasteiger partial charge on any atom is 0.335 e. The van der Waals surface area contributed by atoms with Gasteiger partial charge in [-0.05, 0) is 55.8 Å². The molecule has 2 aromatic carbocycles. The van der Waals surface area contributed by atoms with Gasteiger partial charge < -0.3 is 15.2 Å². The second-order valence-electron chi connectivity index (χ2n) is 6.27. The predicted molar refractivity (Wildman–Crippen MR) is 109 cm³/mol. The molecule has 0 saturated heterocycles. The number of hydrogen-bond acceptors (Lipinski definition) is 4. The van der Waals surface area contributed by atoms with Crippen LogP contribution in [0.15, 0.2) is 52.5 Å². The molecule has 0 radical (unpaired) electrons. The Morgan fingerprint density at radius 2 is 1.93 bits per heavy atom. The molecule has 0 aliphatic rings. The summed E-state index contributed by atoms with van der Waals surface area (Å²) < 4.78 is 6.61. The van der Waals surface area contributed by atoms with Crippen LogP contribution in [0.25, 0.3) is 6.08 Å². The minimum Gasteiger partial charge on any atom is -0.488 e. The molecule has 2 aromatic rings. The first-order valence-electron chi connectivity index (χ1n) is 8.47. The summed E-state index contributed by atoms with van der Waals surface area (Å²) in [4.78, 5) is 23.1. The average molecular weight is 443 g/mol. The molecule has 2 N–H and O–H groups in total. The molecule has 0 atom stereocenters. The lowest BCUT2D eigenvalue weighted by Gasteiger charge is -2.11. The summed E-state index contributed by atoms with van der Waals surface area (Å²) in [5, 5.41) is 21.0. The second kappa shape index (κ2) is 9.72. The zero-order valence-corrected chi connectivity index (χ0v) is 17.0. The number of nitrogens with one attached hydrogen (secondary N) is 1. The molecular formula is C21H19BrN2O4. The number of amides is 1. The molecule has 0 aliphatic carbocycles. The highest BCUT2D eigenvalue weighted by molar-refractivity contribution is 9.10. The SMILES string of the molecule is CC(C)NC(=O)/C(C#N)=C\c1cc(Br)ccc1OCc1ccc(C(=O)O)cc1. The first kappa shape index (κ1) is 21.2. The molecule has 0 aliphatic heterocycles. The molecule has 0 unspecified atom stereocenters. The van der Waals surface area contributed by atoms with Crippen molar-refractivity contribution in [2.75, 3.05) is 0 Å². The number of nitriles is 1. The molecule has 6 nitrogen and oxygen atoms in total. The van der Waals surface area contributed by atoms with Crippen molar-refractivity contribution in [2.45, 2.75) is 26.5 Å². The van der Waals surface area contributed by atoms with Crippen LogP contribution in [0.2, 0.25) is 0 Å². The Bertz CT molecular complexity index is 944. The van der Waals surface area contributed by atoms with Crippen molar-refractivity contribution < 1.29 is 19.4 Å². The van der Waals surface area contributed by atoms with E-state index in [9.17, 15) is 14.9 Å². The molecule has 7 heteroatoms. The van der Waals surface area contributed by atoms with E-state index in [4.69, 9.17) is 9.84 Å². The van der Waals surface area contributed by atoms with Gasteiger partial charge in [-0.2, -0.15) is 5.26 Å². The molecular weight excluding hydrogens is 424 g/mol. The quantitative estimate of drug-likeness (QED) is 0.495. The lowest BCUT2D eigenvalue weighted by atomic mass is 10.1. The molecule has 0 fully saturated rings. The van der Waals surface area contributed by atoms with Crippen LogP contribution in [0, 0.1) is 11.3 Å². The van der Waals surface area contributed by atoms with Crippen molar-refractivity contribution in [3.63, 3.8) is 0 Å². The second-order valence-corrected chi connectivity index (χ2v) is 7.19. The highest BCUT2D eigenvalue weighted by atomic mass is 79.9. The van der Waals surface area contributed by atoms with Gasteiger partial charge in [-0.25, -0.2) is 4.79 Å². The van der Waals surface area contributed by atoms with Crippen molar-refractivity contribution >= 4 is 33.9 Å². The van der Waals surface area contributed by atoms with Gasteiger partial charge in [0, 0.05) is 16.1 Å². The van der Waals surface area contributed by atoms with Crippen LogP contribution in [0.1, 0.15) is 35.3 Å². The fourth-order valence-electron chi connectivity index (χ4n) is 2.31. The number of ether oxygens (including phenoxy) is 1. The van der Waals surface area contributed by atoms with Gasteiger partial charge in [-0.3, -0.25) is 4.79 Å². The van der Waals surface area contributed by atoms with E-state index in [1.54, 1.807) is 30.3 Å². The number of carboxylic acid groups (broad SMARTS) is 1. The van der Waals surface area contributed by atoms with Gasteiger partial charge in [-0.15, -0.1) is 0 Å². The zero-order chi connectivity index (χ0) is 20.7. The van der Waals surface area contributed by atoms with Gasteiger partial charge >= 0.3 is 5.97 Å². The van der Waals surface area contributed by atoms with E-state index in [1.807, 2.05) is 19.9 Å². The average Bonchev–Trinajstić information content (AvgIpc) is 2.65. The summed E-state index contributed by atoms with van der Waals surface area (Å²) >= 11 is 3.38. The predicted octanol–water partition coefficient (Wildman–Crippen LogP) is 4.16. The maximum atomic E-state index is 12.1. The third-order valence-corrected chi connectivity index (χ3v) is 4.14. The summed E-state index contributed by atoms with van der Waals surface area (Å²) in [5.41, 5.74) is 1.54. The van der Waals surface area contributed by atoms with E-state index in [0.717, 1.165) is 10.0 Å². The molecule has 2 rings (SSSR count). The largest absolute Gasteiger partial charge is 0.488 e. The number of carbonyl (C=O) groups is 2. The van der Waals surface area contributed by atoms with E-state index < -0.39 is 11.9 Å². The molecule has 144 valence electrons. The third-order valence-electron chi connectivity index (χ3n) is 3.65. The minimum atomic E-state index is -0.989. The van der Waals surface area contributed by atoms with Gasteiger partial charge in [0.15, 0.2) is 0 Å². The van der Waals surface area contributed by atoms with Crippen LogP contribution in [0.5, 0.6) is 5.75 Å². The van der Waals surface area contributed by atoms with Crippen molar-refractivity contribution in [1.82, 2.24) is 5.32 Å². The van der Waals surface area contributed by atoms with Gasteiger partial charge in [0.25, 0.3) is 5.91 Å². The highest BCUT2D eigenvalue weighted by Gasteiger charge is 2.12. The Kier molecular flexibility index (Phi) is 7.36. The van der Waals surface area contributed by atoms with Crippen LogP contribution in [-0.4, -0.2) is 23.0 Å². The van der Waals surface area contributed by atoms with E-state index >= 15 is 0 Å². The lowest BCUT2D eigenvalue weighted by molar-refractivity contribution is -0.117. The summed E-state index contributed by atoms with van der Waals surface area (Å²) in [6, 6.07) is 13.5. The molecule has 0 heterocycles. The fraction of sp³-hybridized carbons (Fsp3) is 0.190. The van der Waals surface area contributed by atoms with Crippen molar-refractivity contribution in [3.05, 3.63) is 69.2 Å². The topological polar surface area (TPSA) is 99.4 Å². The Morgan fingerprint density at radius 3 is 2.50 bits per heavy atom. The number of benzene rings is 2. The molecule has 0 spiro atoms. The van der Waals surface area contributed by atoms with Crippen molar-refractivity contribution in [2.24, 2.45) is 0 Å². The molecule has 0 saturated carbocycles. The lowest BCUT2D eigenvalue weighted by Crippen LogP contribution is -2.30. The van der Waals surface area contributed by atoms with Crippen molar-refractivity contribution in [3.8, 4) is 11.8 Å². The van der Waals surface area contributed by atoms with Crippen LogP contribution < -0.4 is 10.1 Å². The van der Waals surface area contributed by atoms with E-state index in [1.165, 1.54) is 18.2 Å². The Balaban J connectivity index is 2.24. The number of rotatable bonds is 7. The number of carbonyl (C=O) groups excluding carboxylic acids is 1. The normalized spacial score (nSPS) is 11.0. The minimum absolute atomic E-state index is 0.0255. The molecule has 1 amide bonds. The van der Waals surface area contributed by atoms with Gasteiger partial charge in [0.1, 0.15) is 24.0 Å². The van der Waals surface area contributed by atoms with E-state index in [-0.39, 0.29) is 23.8 Å². The number of hydrogen-bond donors (Lipinski definition) is 2. The smallest absolute Gasteiger partial charge is 0.335 e. The third kappa shape index (κ3) is 5.96. The van der Waals surface area contributed by atoms with Gasteiger partial charge in [0.05, 0.1) is 5.56 Å². The number of halogens is 1. The van der Waals surface area contributed by atoms with Crippen LogP contribution in [0.3, 0.4) is 0 Å². The summed E-state index contributed by atoms with van der Waals surface area (Å²) in [6.45, 7) is 3.84. The molecule has 0 aromatic heterocycles. The monoisotopic (exact) mass is 442 g/mol. The fourth-order valence-corrected chi connectivity index (χ4v) is 2.69.